The van der Waals surface area contributed by atoms with Crippen LogP contribution in [0.5, 0.6) is 0 Å². The van der Waals surface area contributed by atoms with Crippen molar-refractivity contribution in [1.82, 2.24) is 18.8 Å². The third-order valence-corrected chi connectivity index (χ3v) is 6.77. The Morgan fingerprint density at radius 2 is 1.83 bits per heavy atom. The molecule has 3 heterocycles. The number of rotatable bonds is 4. The minimum atomic E-state index is -3.55. The smallest absolute Gasteiger partial charge is 0.262 e. The summed E-state index contributed by atoms with van der Waals surface area (Å²) in [5, 5.41) is 0.0449. The van der Waals surface area contributed by atoms with Crippen LogP contribution in [0.1, 0.15) is 39.0 Å². The molecule has 24 heavy (non-hydrogen) atoms. The number of carbonyl (C=O) groups is 1. The Morgan fingerprint density at radius 1 is 1.17 bits per heavy atom. The molecule has 2 aliphatic rings. The lowest BCUT2D eigenvalue weighted by molar-refractivity contribution is -0.132. The Labute approximate surface area is 143 Å². The molecule has 0 bridgehead atoms. The number of hydrogen-bond acceptors (Lipinski definition) is 4. The first-order chi connectivity index (χ1) is 11.5. The summed E-state index contributed by atoms with van der Waals surface area (Å²) >= 11 is 0. The molecule has 134 valence electrons. The lowest BCUT2D eigenvalue weighted by Crippen LogP contribution is -2.38. The average Bonchev–Trinajstić information content (AvgIpc) is 3.05. The van der Waals surface area contributed by atoms with E-state index in [1.165, 1.54) is 23.3 Å². The largest absolute Gasteiger partial charge is 0.341 e. The van der Waals surface area contributed by atoms with Crippen LogP contribution in [0.2, 0.25) is 0 Å². The normalized spacial score (nSPS) is 21.1. The fourth-order valence-electron chi connectivity index (χ4n) is 3.32. The van der Waals surface area contributed by atoms with Crippen LogP contribution in [-0.2, 0) is 21.4 Å². The van der Waals surface area contributed by atoms with Crippen LogP contribution in [0, 0.1) is 5.92 Å². The van der Waals surface area contributed by atoms with Crippen molar-refractivity contribution in [2.45, 2.75) is 50.6 Å². The van der Waals surface area contributed by atoms with Gasteiger partial charge in [-0.05, 0) is 38.0 Å². The molecule has 0 aliphatic carbocycles. The summed E-state index contributed by atoms with van der Waals surface area (Å²) < 4.78 is 28.4. The topological polar surface area (TPSA) is 75.5 Å². The van der Waals surface area contributed by atoms with Crippen LogP contribution in [0.4, 0.5) is 0 Å². The van der Waals surface area contributed by atoms with E-state index in [0.29, 0.717) is 19.0 Å². The fourth-order valence-corrected chi connectivity index (χ4v) is 4.72. The van der Waals surface area contributed by atoms with Gasteiger partial charge in [0.25, 0.3) is 10.0 Å². The molecular formula is C16H26N4O3S. The molecule has 7 nitrogen and oxygen atoms in total. The highest BCUT2D eigenvalue weighted by atomic mass is 32.2. The molecule has 0 radical (unpaired) electrons. The molecule has 0 saturated carbocycles. The molecule has 0 N–H and O–H groups in total. The molecule has 0 unspecified atom stereocenters. The predicted molar refractivity (Wildman–Crippen MR) is 89.8 cm³/mol. The zero-order chi connectivity index (χ0) is 17.2. The first kappa shape index (κ1) is 17.4. The maximum atomic E-state index is 12.6. The third kappa shape index (κ3) is 3.80. The van der Waals surface area contributed by atoms with E-state index < -0.39 is 10.0 Å². The average molecular weight is 354 g/mol. The van der Waals surface area contributed by atoms with E-state index in [4.69, 9.17) is 0 Å². The summed E-state index contributed by atoms with van der Waals surface area (Å²) in [5.74, 6) is 0.596. The van der Waals surface area contributed by atoms with E-state index in [-0.39, 0.29) is 17.5 Å². The van der Waals surface area contributed by atoms with Crippen LogP contribution in [0.3, 0.4) is 0 Å². The van der Waals surface area contributed by atoms with Crippen LogP contribution in [0.25, 0.3) is 0 Å². The van der Waals surface area contributed by atoms with Gasteiger partial charge in [0.1, 0.15) is 6.54 Å². The number of hydrogen-bond donors (Lipinski definition) is 0. The molecule has 8 heteroatoms. The number of likely N-dealkylation sites (tertiary alicyclic amines) is 1. The summed E-state index contributed by atoms with van der Waals surface area (Å²) in [6.45, 7) is 4.98. The SMILES string of the molecule is CC1CCN(S(=O)(=O)c2cn(CC(=O)N3CCCCC3)cn2)CC1. The fraction of sp³-hybridized carbons (Fsp3) is 0.750. The van der Waals surface area contributed by atoms with Gasteiger partial charge < -0.3 is 9.47 Å². The number of nitrogens with zero attached hydrogens (tertiary/aromatic N) is 4. The number of piperidine rings is 2. The second kappa shape index (κ2) is 7.23. The van der Waals surface area contributed by atoms with Crippen LogP contribution >= 0.6 is 0 Å². The minimum Gasteiger partial charge on any atom is -0.341 e. The summed E-state index contributed by atoms with van der Waals surface area (Å²) in [6.07, 6.45) is 7.95. The van der Waals surface area contributed by atoms with Gasteiger partial charge in [0.2, 0.25) is 5.91 Å². The van der Waals surface area contributed by atoms with E-state index in [1.807, 2.05) is 4.90 Å². The van der Waals surface area contributed by atoms with Crippen molar-refractivity contribution in [1.29, 1.82) is 0 Å². The molecule has 0 aromatic carbocycles. The molecule has 2 fully saturated rings. The molecule has 2 aliphatic heterocycles. The van der Waals surface area contributed by atoms with Crippen molar-refractivity contribution in [3.8, 4) is 0 Å². The Balaban J connectivity index is 1.65. The van der Waals surface area contributed by atoms with Gasteiger partial charge in [-0.2, -0.15) is 4.31 Å². The quantitative estimate of drug-likeness (QED) is 0.817. The van der Waals surface area contributed by atoms with Gasteiger partial charge in [0.15, 0.2) is 5.03 Å². The Kier molecular flexibility index (Phi) is 5.24. The second-order valence-electron chi connectivity index (χ2n) is 6.91. The highest BCUT2D eigenvalue weighted by molar-refractivity contribution is 7.89. The molecule has 0 atom stereocenters. The number of sulfonamides is 1. The van der Waals surface area contributed by atoms with Gasteiger partial charge in [-0.25, -0.2) is 13.4 Å². The Morgan fingerprint density at radius 3 is 2.50 bits per heavy atom. The van der Waals surface area contributed by atoms with Gasteiger partial charge in [0, 0.05) is 32.4 Å². The number of amides is 1. The monoisotopic (exact) mass is 354 g/mol. The maximum absolute atomic E-state index is 12.6. The van der Waals surface area contributed by atoms with E-state index in [1.54, 1.807) is 4.57 Å². The number of carbonyl (C=O) groups excluding carboxylic acids is 1. The standard InChI is InChI=1S/C16H26N4O3S/c1-14-5-9-20(10-6-14)24(22,23)15-11-18(13-17-15)12-16(21)19-7-3-2-4-8-19/h11,13-14H,2-10,12H2,1H3. The van der Waals surface area contributed by atoms with Crippen molar-refractivity contribution >= 4 is 15.9 Å². The zero-order valence-corrected chi connectivity index (χ0v) is 15.0. The summed E-state index contributed by atoms with van der Waals surface area (Å²) in [7, 11) is -3.55. The van der Waals surface area contributed by atoms with Crippen molar-refractivity contribution in [3.63, 3.8) is 0 Å². The van der Waals surface area contributed by atoms with E-state index in [9.17, 15) is 13.2 Å². The van der Waals surface area contributed by atoms with Crippen molar-refractivity contribution < 1.29 is 13.2 Å². The van der Waals surface area contributed by atoms with Gasteiger partial charge >= 0.3 is 0 Å². The van der Waals surface area contributed by atoms with Gasteiger partial charge in [-0.3, -0.25) is 4.79 Å². The molecule has 3 rings (SSSR count). The molecule has 0 spiro atoms. The molecule has 1 aromatic rings. The van der Waals surface area contributed by atoms with E-state index in [2.05, 4.69) is 11.9 Å². The van der Waals surface area contributed by atoms with Crippen molar-refractivity contribution in [3.05, 3.63) is 12.5 Å². The molecular weight excluding hydrogens is 328 g/mol. The lowest BCUT2D eigenvalue weighted by atomic mass is 10.0. The van der Waals surface area contributed by atoms with Crippen molar-refractivity contribution in [2.75, 3.05) is 26.2 Å². The summed E-state index contributed by atoms with van der Waals surface area (Å²) in [4.78, 5) is 18.2. The first-order valence-corrected chi connectivity index (χ1v) is 10.2. The first-order valence-electron chi connectivity index (χ1n) is 8.76. The van der Waals surface area contributed by atoms with Crippen molar-refractivity contribution in [2.24, 2.45) is 5.92 Å². The minimum absolute atomic E-state index is 0.0304. The van der Waals surface area contributed by atoms with Crippen LogP contribution < -0.4 is 0 Å². The third-order valence-electron chi connectivity index (χ3n) is 4.98. The highest BCUT2D eigenvalue weighted by Gasteiger charge is 2.30. The van der Waals surface area contributed by atoms with E-state index in [0.717, 1.165) is 38.8 Å². The summed E-state index contributed by atoms with van der Waals surface area (Å²) in [6, 6.07) is 0. The molecule has 1 aromatic heterocycles. The number of imidazole rings is 1. The summed E-state index contributed by atoms with van der Waals surface area (Å²) in [5.41, 5.74) is 0. The maximum Gasteiger partial charge on any atom is 0.262 e. The van der Waals surface area contributed by atoms with E-state index >= 15 is 0 Å². The zero-order valence-electron chi connectivity index (χ0n) is 14.2. The Hall–Kier alpha value is -1.41. The Bertz CT molecular complexity index is 671. The van der Waals surface area contributed by atoms with Gasteiger partial charge in [-0.15, -0.1) is 0 Å². The second-order valence-corrected chi connectivity index (χ2v) is 8.80. The molecule has 2 saturated heterocycles. The van der Waals surface area contributed by atoms with Crippen LogP contribution in [-0.4, -0.2) is 59.3 Å². The van der Waals surface area contributed by atoms with Gasteiger partial charge in [-0.1, -0.05) is 6.92 Å². The van der Waals surface area contributed by atoms with Crippen LogP contribution in [0.15, 0.2) is 17.6 Å². The highest BCUT2D eigenvalue weighted by Crippen LogP contribution is 2.22. The number of aromatic nitrogens is 2. The van der Waals surface area contributed by atoms with Gasteiger partial charge in [0.05, 0.1) is 6.33 Å². The molecule has 1 amide bonds. The predicted octanol–water partition coefficient (Wildman–Crippen LogP) is 1.32. The lowest BCUT2D eigenvalue weighted by Gasteiger charge is -2.28.